The van der Waals surface area contributed by atoms with Crippen molar-refractivity contribution in [3.05, 3.63) is 22.3 Å². The van der Waals surface area contributed by atoms with E-state index in [2.05, 4.69) is 26.2 Å². The Bertz CT molecular complexity index is 494. The highest BCUT2D eigenvalue weighted by atomic mass is 79.9. The molecule has 2 fully saturated rings. The van der Waals surface area contributed by atoms with Gasteiger partial charge in [0.2, 0.25) is 0 Å². The maximum atomic E-state index is 13.0. The molecule has 0 saturated carbocycles. The Morgan fingerprint density at radius 2 is 2.16 bits per heavy atom. The smallest absolute Gasteiger partial charge is 0.373 e. The zero-order chi connectivity index (χ0) is 13.6. The Kier molecular flexibility index (Phi) is 3.21. The number of hydrogen-bond acceptors (Lipinski definition) is 3. The third-order valence-electron chi connectivity index (χ3n) is 3.59. The van der Waals surface area contributed by atoms with Crippen molar-refractivity contribution in [3.8, 4) is 0 Å². The Hall–Kier alpha value is -0.820. The zero-order valence-electron chi connectivity index (χ0n) is 9.88. The number of hydrogen-bond donors (Lipinski definition) is 1. The number of alkyl halides is 3. The summed E-state index contributed by atoms with van der Waals surface area (Å²) in [4.78, 5) is 3.86. The van der Waals surface area contributed by atoms with Crippen LogP contribution in [0.2, 0.25) is 0 Å². The molecule has 2 saturated heterocycles. The van der Waals surface area contributed by atoms with E-state index in [9.17, 15) is 13.2 Å². The number of nitrogens with zero attached hydrogens (tertiary/aromatic N) is 1. The van der Waals surface area contributed by atoms with Gasteiger partial charge in [0.05, 0.1) is 23.8 Å². The van der Waals surface area contributed by atoms with Crippen LogP contribution in [0.4, 0.5) is 19.0 Å². The van der Waals surface area contributed by atoms with Gasteiger partial charge in [-0.25, -0.2) is 4.98 Å². The van der Waals surface area contributed by atoms with E-state index in [-0.39, 0.29) is 24.1 Å². The van der Waals surface area contributed by atoms with Gasteiger partial charge in [-0.05, 0) is 41.3 Å². The molecule has 0 aliphatic carbocycles. The number of nitrogens with one attached hydrogen (secondary N) is 1. The summed E-state index contributed by atoms with van der Waals surface area (Å²) in [5.41, 5.74) is -0.746. The van der Waals surface area contributed by atoms with E-state index in [1.165, 1.54) is 6.20 Å². The van der Waals surface area contributed by atoms with Gasteiger partial charge in [0.15, 0.2) is 0 Å². The summed E-state index contributed by atoms with van der Waals surface area (Å²) in [5, 5.41) is 2.90. The third-order valence-corrected chi connectivity index (χ3v) is 4.02. The van der Waals surface area contributed by atoms with Gasteiger partial charge < -0.3 is 10.1 Å². The van der Waals surface area contributed by atoms with Crippen LogP contribution < -0.4 is 5.32 Å². The second-order valence-corrected chi connectivity index (χ2v) is 5.82. The van der Waals surface area contributed by atoms with E-state index in [1.54, 1.807) is 0 Å². The molecule has 1 aromatic rings. The lowest BCUT2D eigenvalue weighted by molar-refractivity contribution is -0.137. The molecule has 0 aromatic carbocycles. The minimum absolute atomic E-state index is 0.0107. The zero-order valence-corrected chi connectivity index (χ0v) is 11.5. The molecule has 2 bridgehead atoms. The molecule has 0 spiro atoms. The van der Waals surface area contributed by atoms with Crippen molar-refractivity contribution in [2.45, 2.75) is 43.7 Å². The standard InChI is InChI=1S/C12H12BrF3N2O/c13-6-3-8(12(14,15)16)11(17-5-6)18-9-4-7-1-2-10(9)19-7/h3,5,7,9-10H,1-2,4H2,(H,17,18). The first kappa shape index (κ1) is 13.2. The van der Waals surface area contributed by atoms with Crippen LogP contribution >= 0.6 is 15.9 Å². The van der Waals surface area contributed by atoms with Crippen molar-refractivity contribution < 1.29 is 17.9 Å². The molecule has 1 aromatic heterocycles. The maximum absolute atomic E-state index is 13.0. The summed E-state index contributed by atoms with van der Waals surface area (Å²) >= 11 is 3.02. The van der Waals surface area contributed by atoms with E-state index in [1.807, 2.05) is 0 Å². The second kappa shape index (κ2) is 4.63. The summed E-state index contributed by atoms with van der Waals surface area (Å²) in [6.07, 6.45) is -0.199. The molecule has 0 amide bonds. The van der Waals surface area contributed by atoms with Crippen LogP contribution in [-0.2, 0) is 10.9 Å². The van der Waals surface area contributed by atoms with Gasteiger partial charge >= 0.3 is 6.18 Å². The molecule has 3 heterocycles. The van der Waals surface area contributed by atoms with E-state index in [4.69, 9.17) is 4.74 Å². The number of fused-ring (bicyclic) bond motifs is 2. The molecular weight excluding hydrogens is 325 g/mol. The van der Waals surface area contributed by atoms with Crippen molar-refractivity contribution in [1.82, 2.24) is 4.98 Å². The average Bonchev–Trinajstić information content (AvgIpc) is 2.92. The van der Waals surface area contributed by atoms with E-state index in [0.717, 1.165) is 25.3 Å². The Morgan fingerprint density at radius 1 is 1.37 bits per heavy atom. The fraction of sp³-hybridized carbons (Fsp3) is 0.583. The fourth-order valence-corrected chi connectivity index (χ4v) is 3.07. The molecule has 19 heavy (non-hydrogen) atoms. The lowest BCUT2D eigenvalue weighted by atomic mass is 9.95. The molecule has 7 heteroatoms. The summed E-state index contributed by atoms with van der Waals surface area (Å²) < 4.78 is 44.8. The van der Waals surface area contributed by atoms with Crippen LogP contribution in [0.1, 0.15) is 24.8 Å². The highest BCUT2D eigenvalue weighted by molar-refractivity contribution is 9.10. The van der Waals surface area contributed by atoms with Crippen molar-refractivity contribution in [3.63, 3.8) is 0 Å². The van der Waals surface area contributed by atoms with Crippen molar-refractivity contribution in [2.24, 2.45) is 0 Å². The summed E-state index contributed by atoms with van der Waals surface area (Å²) in [6.45, 7) is 0. The summed E-state index contributed by atoms with van der Waals surface area (Å²) in [5.74, 6) is -0.114. The molecule has 2 aliphatic rings. The number of pyridine rings is 1. The molecule has 3 atom stereocenters. The molecule has 1 N–H and O–H groups in total. The number of rotatable bonds is 2. The van der Waals surface area contributed by atoms with Crippen molar-refractivity contribution in [2.75, 3.05) is 5.32 Å². The van der Waals surface area contributed by atoms with Crippen LogP contribution in [0.5, 0.6) is 0 Å². The Labute approximate surface area is 116 Å². The number of ether oxygens (including phenoxy) is 1. The lowest BCUT2D eigenvalue weighted by Crippen LogP contribution is -2.31. The minimum Gasteiger partial charge on any atom is -0.373 e. The molecule has 104 valence electrons. The Balaban J connectivity index is 1.84. The summed E-state index contributed by atoms with van der Waals surface area (Å²) in [6, 6.07) is 0.970. The number of anilines is 1. The highest BCUT2D eigenvalue weighted by Gasteiger charge is 2.42. The quantitative estimate of drug-likeness (QED) is 0.896. The number of aromatic nitrogens is 1. The van der Waals surface area contributed by atoms with Gasteiger partial charge in [0.1, 0.15) is 5.82 Å². The predicted molar refractivity (Wildman–Crippen MR) is 66.9 cm³/mol. The summed E-state index contributed by atoms with van der Waals surface area (Å²) in [7, 11) is 0. The molecule has 3 unspecified atom stereocenters. The second-order valence-electron chi connectivity index (χ2n) is 4.91. The predicted octanol–water partition coefficient (Wildman–Crippen LogP) is 3.59. The van der Waals surface area contributed by atoms with Crippen LogP contribution in [-0.4, -0.2) is 23.2 Å². The van der Waals surface area contributed by atoms with Crippen LogP contribution in [0.25, 0.3) is 0 Å². The molecule has 2 aliphatic heterocycles. The van der Waals surface area contributed by atoms with Gasteiger partial charge in [-0.2, -0.15) is 13.2 Å². The Morgan fingerprint density at radius 3 is 2.74 bits per heavy atom. The molecular formula is C12H12BrF3N2O. The van der Waals surface area contributed by atoms with Gasteiger partial charge in [-0.1, -0.05) is 0 Å². The molecule has 0 radical (unpaired) electrons. The molecule has 3 nitrogen and oxygen atoms in total. The monoisotopic (exact) mass is 336 g/mol. The first-order valence-corrected chi connectivity index (χ1v) is 6.87. The largest absolute Gasteiger partial charge is 0.419 e. The third kappa shape index (κ3) is 2.58. The van der Waals surface area contributed by atoms with Crippen molar-refractivity contribution >= 4 is 21.7 Å². The van der Waals surface area contributed by atoms with Gasteiger partial charge in [-0.15, -0.1) is 0 Å². The SMILES string of the molecule is FC(F)(F)c1cc(Br)cnc1NC1CC2CCC1O2. The molecule has 3 rings (SSSR count). The van der Waals surface area contributed by atoms with Gasteiger partial charge in [0, 0.05) is 10.7 Å². The van der Waals surface area contributed by atoms with Crippen LogP contribution in [0.3, 0.4) is 0 Å². The normalized spacial score (nSPS) is 29.8. The maximum Gasteiger partial charge on any atom is 0.419 e. The van der Waals surface area contributed by atoms with E-state index >= 15 is 0 Å². The van der Waals surface area contributed by atoms with Gasteiger partial charge in [0.25, 0.3) is 0 Å². The average molecular weight is 337 g/mol. The lowest BCUT2D eigenvalue weighted by Gasteiger charge is -2.22. The highest BCUT2D eigenvalue weighted by Crippen LogP contribution is 2.39. The van der Waals surface area contributed by atoms with E-state index in [0.29, 0.717) is 4.47 Å². The topological polar surface area (TPSA) is 34.2 Å². The number of halogens is 4. The van der Waals surface area contributed by atoms with Crippen LogP contribution in [0.15, 0.2) is 16.7 Å². The van der Waals surface area contributed by atoms with E-state index < -0.39 is 11.7 Å². The van der Waals surface area contributed by atoms with Gasteiger partial charge in [-0.3, -0.25) is 0 Å². The van der Waals surface area contributed by atoms with Crippen LogP contribution in [0, 0.1) is 0 Å². The fourth-order valence-electron chi connectivity index (χ4n) is 2.74. The van der Waals surface area contributed by atoms with Crippen molar-refractivity contribution in [1.29, 1.82) is 0 Å². The first-order chi connectivity index (χ1) is 8.93. The minimum atomic E-state index is -4.42. The first-order valence-electron chi connectivity index (χ1n) is 6.08.